The Balaban J connectivity index is 1.86. The SMILES string of the molecule is CCc1nc(-c2cccs2)nc(CC)c1CCNC1CC1. The number of hydrogen-bond acceptors (Lipinski definition) is 4. The molecule has 1 aliphatic carbocycles. The van der Waals surface area contributed by atoms with Crippen molar-refractivity contribution in [2.45, 2.75) is 52.0 Å². The summed E-state index contributed by atoms with van der Waals surface area (Å²) >= 11 is 1.71. The van der Waals surface area contributed by atoms with Crippen molar-refractivity contribution in [3.8, 4) is 10.7 Å². The van der Waals surface area contributed by atoms with E-state index in [0.717, 1.165) is 37.7 Å². The Kier molecular flexibility index (Phi) is 4.66. The third kappa shape index (κ3) is 3.50. The summed E-state index contributed by atoms with van der Waals surface area (Å²) in [5.41, 5.74) is 3.82. The molecule has 0 saturated heterocycles. The second-order valence-corrected chi connectivity index (χ2v) is 6.53. The number of nitrogens with zero attached hydrogens (tertiary/aromatic N) is 2. The first-order valence-corrected chi connectivity index (χ1v) is 8.85. The van der Waals surface area contributed by atoms with Crippen molar-refractivity contribution >= 4 is 11.3 Å². The highest BCUT2D eigenvalue weighted by Gasteiger charge is 2.20. The molecule has 112 valence electrons. The lowest BCUT2D eigenvalue weighted by molar-refractivity contribution is 0.671. The molecule has 0 atom stereocenters. The van der Waals surface area contributed by atoms with E-state index in [1.807, 2.05) is 0 Å². The van der Waals surface area contributed by atoms with Crippen molar-refractivity contribution < 1.29 is 0 Å². The highest BCUT2D eigenvalue weighted by Crippen LogP contribution is 2.25. The lowest BCUT2D eigenvalue weighted by Gasteiger charge is -2.14. The number of aryl methyl sites for hydroxylation is 2. The topological polar surface area (TPSA) is 37.8 Å². The van der Waals surface area contributed by atoms with E-state index in [9.17, 15) is 0 Å². The normalized spacial score (nSPS) is 14.6. The molecular formula is C17H23N3S. The molecule has 4 heteroatoms. The zero-order valence-corrected chi connectivity index (χ0v) is 13.7. The van der Waals surface area contributed by atoms with Gasteiger partial charge in [0.1, 0.15) is 0 Å². The summed E-state index contributed by atoms with van der Waals surface area (Å²) in [6.45, 7) is 5.43. The zero-order valence-electron chi connectivity index (χ0n) is 12.9. The van der Waals surface area contributed by atoms with E-state index in [1.165, 1.54) is 34.7 Å². The third-order valence-electron chi connectivity index (χ3n) is 3.98. The van der Waals surface area contributed by atoms with E-state index in [0.29, 0.717) is 0 Å². The molecule has 2 aromatic rings. The van der Waals surface area contributed by atoms with Gasteiger partial charge in [0.05, 0.1) is 4.88 Å². The minimum absolute atomic E-state index is 0.770. The summed E-state index contributed by atoms with van der Waals surface area (Å²) in [5.74, 6) is 0.901. The smallest absolute Gasteiger partial charge is 0.169 e. The van der Waals surface area contributed by atoms with Crippen LogP contribution in [0.3, 0.4) is 0 Å². The van der Waals surface area contributed by atoms with Crippen LogP contribution in [0.25, 0.3) is 10.7 Å². The van der Waals surface area contributed by atoms with Crippen LogP contribution in [0.15, 0.2) is 17.5 Å². The van der Waals surface area contributed by atoms with Crippen LogP contribution in [0.1, 0.15) is 43.6 Å². The van der Waals surface area contributed by atoms with Crippen LogP contribution in [0.5, 0.6) is 0 Å². The summed E-state index contributed by atoms with van der Waals surface area (Å²) in [7, 11) is 0. The lowest BCUT2D eigenvalue weighted by Crippen LogP contribution is -2.21. The van der Waals surface area contributed by atoms with Crippen LogP contribution in [0, 0.1) is 0 Å². The van der Waals surface area contributed by atoms with Crippen LogP contribution >= 0.6 is 11.3 Å². The van der Waals surface area contributed by atoms with E-state index < -0.39 is 0 Å². The Morgan fingerprint density at radius 3 is 2.43 bits per heavy atom. The third-order valence-corrected chi connectivity index (χ3v) is 4.84. The fourth-order valence-corrected chi connectivity index (χ4v) is 3.32. The molecule has 21 heavy (non-hydrogen) atoms. The Morgan fingerprint density at radius 1 is 1.19 bits per heavy atom. The number of rotatable bonds is 7. The minimum atomic E-state index is 0.770. The molecule has 3 nitrogen and oxygen atoms in total. The molecule has 0 amide bonds. The first kappa shape index (κ1) is 14.7. The maximum atomic E-state index is 4.83. The van der Waals surface area contributed by atoms with E-state index in [-0.39, 0.29) is 0 Å². The van der Waals surface area contributed by atoms with Crippen molar-refractivity contribution in [1.82, 2.24) is 15.3 Å². The average Bonchev–Trinajstić information content (AvgIpc) is 3.17. The number of thiophene rings is 1. The standard InChI is InChI=1S/C17H23N3S/c1-3-14-13(9-10-18-12-7-8-12)15(4-2)20-17(19-14)16-6-5-11-21-16/h5-6,11-12,18H,3-4,7-10H2,1-2H3. The Labute approximate surface area is 130 Å². The predicted octanol–water partition coefficient (Wildman–Crippen LogP) is 3.62. The molecule has 1 fully saturated rings. The molecule has 0 spiro atoms. The van der Waals surface area contributed by atoms with Crippen molar-refractivity contribution in [1.29, 1.82) is 0 Å². The molecular weight excluding hydrogens is 278 g/mol. The van der Waals surface area contributed by atoms with Crippen molar-refractivity contribution in [3.63, 3.8) is 0 Å². The van der Waals surface area contributed by atoms with E-state index >= 15 is 0 Å². The van der Waals surface area contributed by atoms with Gasteiger partial charge in [-0.25, -0.2) is 9.97 Å². The van der Waals surface area contributed by atoms with Gasteiger partial charge in [0.15, 0.2) is 5.82 Å². The van der Waals surface area contributed by atoms with Gasteiger partial charge in [0.25, 0.3) is 0 Å². The Bertz CT molecular complexity index is 563. The van der Waals surface area contributed by atoms with Crippen LogP contribution < -0.4 is 5.32 Å². The van der Waals surface area contributed by atoms with Gasteiger partial charge in [-0.05, 0) is 55.7 Å². The van der Waals surface area contributed by atoms with E-state index in [4.69, 9.17) is 9.97 Å². The minimum Gasteiger partial charge on any atom is -0.314 e. The molecule has 0 aromatic carbocycles. The lowest BCUT2D eigenvalue weighted by atomic mass is 10.0. The van der Waals surface area contributed by atoms with Crippen LogP contribution in [0.4, 0.5) is 0 Å². The van der Waals surface area contributed by atoms with Gasteiger partial charge >= 0.3 is 0 Å². The monoisotopic (exact) mass is 301 g/mol. The predicted molar refractivity (Wildman–Crippen MR) is 88.8 cm³/mol. The van der Waals surface area contributed by atoms with Gasteiger partial charge in [-0.15, -0.1) is 11.3 Å². The van der Waals surface area contributed by atoms with Crippen molar-refractivity contribution in [3.05, 3.63) is 34.5 Å². The van der Waals surface area contributed by atoms with Gasteiger partial charge in [0.2, 0.25) is 0 Å². The van der Waals surface area contributed by atoms with Crippen LogP contribution in [-0.2, 0) is 19.3 Å². The van der Waals surface area contributed by atoms with Gasteiger partial charge in [-0.3, -0.25) is 0 Å². The molecule has 0 radical (unpaired) electrons. The second-order valence-electron chi connectivity index (χ2n) is 5.58. The maximum Gasteiger partial charge on any atom is 0.169 e. The van der Waals surface area contributed by atoms with Gasteiger partial charge in [0, 0.05) is 17.4 Å². The number of aromatic nitrogens is 2. The molecule has 2 aromatic heterocycles. The molecule has 1 N–H and O–H groups in total. The molecule has 1 saturated carbocycles. The highest BCUT2D eigenvalue weighted by atomic mass is 32.1. The number of nitrogens with one attached hydrogen (secondary N) is 1. The van der Waals surface area contributed by atoms with Gasteiger partial charge in [-0.1, -0.05) is 19.9 Å². The molecule has 0 aliphatic heterocycles. The maximum absolute atomic E-state index is 4.83. The second kappa shape index (κ2) is 6.67. The van der Waals surface area contributed by atoms with Crippen molar-refractivity contribution in [2.24, 2.45) is 0 Å². The summed E-state index contributed by atoms with van der Waals surface area (Å²) in [5, 5.41) is 5.68. The molecule has 0 bridgehead atoms. The largest absolute Gasteiger partial charge is 0.314 e. The summed E-state index contributed by atoms with van der Waals surface area (Å²) < 4.78 is 0. The first-order valence-electron chi connectivity index (χ1n) is 7.97. The van der Waals surface area contributed by atoms with E-state index in [2.05, 4.69) is 36.7 Å². The quantitative estimate of drug-likeness (QED) is 0.848. The molecule has 1 aliphatic rings. The van der Waals surface area contributed by atoms with Crippen LogP contribution in [-0.4, -0.2) is 22.6 Å². The fourth-order valence-electron chi connectivity index (χ4n) is 2.66. The highest BCUT2D eigenvalue weighted by molar-refractivity contribution is 7.13. The first-order chi connectivity index (χ1) is 10.3. The Morgan fingerprint density at radius 2 is 1.90 bits per heavy atom. The number of hydrogen-bond donors (Lipinski definition) is 1. The zero-order chi connectivity index (χ0) is 14.7. The van der Waals surface area contributed by atoms with Gasteiger partial charge < -0.3 is 5.32 Å². The van der Waals surface area contributed by atoms with Gasteiger partial charge in [-0.2, -0.15) is 0 Å². The fraction of sp³-hybridized carbons (Fsp3) is 0.529. The summed E-state index contributed by atoms with van der Waals surface area (Å²) in [4.78, 5) is 10.8. The van der Waals surface area contributed by atoms with E-state index in [1.54, 1.807) is 11.3 Å². The Hall–Kier alpha value is -1.26. The summed E-state index contributed by atoms with van der Waals surface area (Å²) in [6, 6.07) is 4.94. The van der Waals surface area contributed by atoms with Crippen molar-refractivity contribution in [2.75, 3.05) is 6.54 Å². The average molecular weight is 301 g/mol. The molecule has 3 rings (SSSR count). The summed E-state index contributed by atoms with van der Waals surface area (Å²) in [6.07, 6.45) is 5.69. The molecule has 2 heterocycles. The van der Waals surface area contributed by atoms with Crippen LogP contribution in [0.2, 0.25) is 0 Å². The molecule has 0 unspecified atom stereocenters.